The van der Waals surface area contributed by atoms with Gasteiger partial charge in [0.25, 0.3) is 0 Å². The maximum atomic E-state index is 10.4. The van der Waals surface area contributed by atoms with Gasteiger partial charge in [0.2, 0.25) is 0 Å². The molecule has 1 aromatic rings. The highest BCUT2D eigenvalue weighted by Gasteiger charge is 2.44. The Morgan fingerprint density at radius 2 is 2.07 bits per heavy atom. The third kappa shape index (κ3) is 2.04. The van der Waals surface area contributed by atoms with E-state index in [4.69, 9.17) is 11.6 Å². The van der Waals surface area contributed by atoms with Gasteiger partial charge in [-0.25, -0.2) is 0 Å². The summed E-state index contributed by atoms with van der Waals surface area (Å²) >= 11 is 5.92. The molecule has 0 amide bonds. The first kappa shape index (κ1) is 11.0. The van der Waals surface area contributed by atoms with E-state index in [1.807, 2.05) is 24.3 Å². The van der Waals surface area contributed by atoms with Gasteiger partial charge in [0.15, 0.2) is 0 Å². The van der Waals surface area contributed by atoms with Crippen molar-refractivity contribution in [2.24, 2.45) is 11.8 Å². The number of aliphatic hydroxyl groups is 1. The standard InChI is InChI=1S/C13H17ClO/c1-9(2)10-7-13(15,8-10)11-4-3-5-12(14)6-11/h3-6,9-10,15H,7-8H2,1-2H3. The lowest BCUT2D eigenvalue weighted by molar-refractivity contribution is -0.0933. The summed E-state index contributed by atoms with van der Waals surface area (Å²) in [5, 5.41) is 11.1. The molecule has 0 bridgehead atoms. The Morgan fingerprint density at radius 3 is 2.60 bits per heavy atom. The molecule has 0 unspecified atom stereocenters. The lowest BCUT2D eigenvalue weighted by Gasteiger charge is -2.46. The van der Waals surface area contributed by atoms with Gasteiger partial charge in [-0.2, -0.15) is 0 Å². The Kier molecular flexibility index (Phi) is 2.78. The van der Waals surface area contributed by atoms with Gasteiger partial charge < -0.3 is 5.11 Å². The predicted molar refractivity (Wildman–Crippen MR) is 62.9 cm³/mol. The minimum atomic E-state index is -0.625. The van der Waals surface area contributed by atoms with Crippen LogP contribution in [0.25, 0.3) is 0 Å². The Bertz CT molecular complexity index is 353. The summed E-state index contributed by atoms with van der Waals surface area (Å²) in [6, 6.07) is 7.58. The van der Waals surface area contributed by atoms with Crippen LogP contribution in [0, 0.1) is 11.8 Å². The van der Waals surface area contributed by atoms with Gasteiger partial charge in [-0.15, -0.1) is 0 Å². The maximum Gasteiger partial charge on any atom is 0.0902 e. The zero-order valence-electron chi connectivity index (χ0n) is 9.20. The van der Waals surface area contributed by atoms with E-state index in [1.165, 1.54) is 0 Å². The van der Waals surface area contributed by atoms with Crippen molar-refractivity contribution >= 4 is 11.6 Å². The highest BCUT2D eigenvalue weighted by Crippen LogP contribution is 2.48. The van der Waals surface area contributed by atoms with E-state index in [1.54, 1.807) is 0 Å². The summed E-state index contributed by atoms with van der Waals surface area (Å²) in [6.45, 7) is 4.42. The molecule has 0 spiro atoms. The molecule has 0 saturated heterocycles. The first-order valence-electron chi connectivity index (χ1n) is 5.50. The Morgan fingerprint density at radius 1 is 1.40 bits per heavy atom. The molecular weight excluding hydrogens is 208 g/mol. The molecular formula is C13H17ClO. The van der Waals surface area contributed by atoms with E-state index in [0.717, 1.165) is 18.4 Å². The van der Waals surface area contributed by atoms with Crippen molar-refractivity contribution in [1.29, 1.82) is 0 Å². The van der Waals surface area contributed by atoms with Crippen LogP contribution in [0.15, 0.2) is 24.3 Å². The fourth-order valence-corrected chi connectivity index (χ4v) is 2.48. The van der Waals surface area contributed by atoms with Crippen LogP contribution < -0.4 is 0 Å². The fraction of sp³-hybridized carbons (Fsp3) is 0.538. The molecule has 2 heteroatoms. The molecule has 82 valence electrons. The number of hydrogen-bond donors (Lipinski definition) is 1. The Hall–Kier alpha value is -0.530. The lowest BCUT2D eigenvalue weighted by Crippen LogP contribution is -2.43. The predicted octanol–water partition coefficient (Wildman–Crippen LogP) is 3.59. The van der Waals surface area contributed by atoms with Crippen LogP contribution in [0.3, 0.4) is 0 Å². The number of rotatable bonds is 2. The zero-order valence-corrected chi connectivity index (χ0v) is 9.96. The second kappa shape index (κ2) is 3.80. The average Bonchev–Trinajstić information content (AvgIpc) is 2.12. The smallest absolute Gasteiger partial charge is 0.0902 e. The second-order valence-corrected chi connectivity index (χ2v) is 5.39. The highest BCUT2D eigenvalue weighted by molar-refractivity contribution is 6.30. The minimum Gasteiger partial charge on any atom is -0.385 e. The highest BCUT2D eigenvalue weighted by atomic mass is 35.5. The van der Waals surface area contributed by atoms with Gasteiger partial charge in [-0.1, -0.05) is 37.6 Å². The first-order valence-corrected chi connectivity index (χ1v) is 5.87. The molecule has 0 radical (unpaired) electrons. The Balaban J connectivity index is 2.13. The van der Waals surface area contributed by atoms with Crippen LogP contribution in [-0.2, 0) is 5.60 Å². The van der Waals surface area contributed by atoms with E-state index in [9.17, 15) is 5.11 Å². The van der Waals surface area contributed by atoms with E-state index >= 15 is 0 Å². The minimum absolute atomic E-state index is 0.625. The van der Waals surface area contributed by atoms with Crippen LogP contribution in [0.2, 0.25) is 5.02 Å². The molecule has 1 N–H and O–H groups in total. The molecule has 1 aliphatic carbocycles. The lowest BCUT2D eigenvalue weighted by atomic mass is 9.63. The van der Waals surface area contributed by atoms with Crippen LogP contribution >= 0.6 is 11.6 Å². The van der Waals surface area contributed by atoms with Crippen molar-refractivity contribution in [2.45, 2.75) is 32.3 Å². The summed E-state index contributed by atoms with van der Waals surface area (Å²) < 4.78 is 0. The van der Waals surface area contributed by atoms with Crippen molar-refractivity contribution in [3.63, 3.8) is 0 Å². The molecule has 0 heterocycles. The first-order chi connectivity index (χ1) is 7.01. The molecule has 0 atom stereocenters. The van der Waals surface area contributed by atoms with Gasteiger partial charge in [-0.3, -0.25) is 0 Å². The molecule has 15 heavy (non-hydrogen) atoms. The molecule has 1 aromatic carbocycles. The molecule has 2 rings (SSSR count). The summed E-state index contributed by atoms with van der Waals surface area (Å²) in [5.74, 6) is 1.30. The normalized spacial score (nSPS) is 30.3. The van der Waals surface area contributed by atoms with Crippen molar-refractivity contribution in [3.05, 3.63) is 34.9 Å². The average molecular weight is 225 g/mol. The van der Waals surface area contributed by atoms with Gasteiger partial charge in [-0.05, 0) is 42.4 Å². The Labute approximate surface area is 96.1 Å². The van der Waals surface area contributed by atoms with Crippen LogP contribution in [0.1, 0.15) is 32.3 Å². The number of hydrogen-bond acceptors (Lipinski definition) is 1. The van der Waals surface area contributed by atoms with Gasteiger partial charge >= 0.3 is 0 Å². The topological polar surface area (TPSA) is 20.2 Å². The van der Waals surface area contributed by atoms with E-state index in [2.05, 4.69) is 13.8 Å². The third-order valence-corrected chi connectivity index (χ3v) is 3.74. The third-order valence-electron chi connectivity index (χ3n) is 3.50. The van der Waals surface area contributed by atoms with Crippen molar-refractivity contribution < 1.29 is 5.11 Å². The van der Waals surface area contributed by atoms with Crippen molar-refractivity contribution in [1.82, 2.24) is 0 Å². The second-order valence-electron chi connectivity index (χ2n) is 4.95. The molecule has 0 aromatic heterocycles. The van der Waals surface area contributed by atoms with E-state index in [0.29, 0.717) is 16.9 Å². The van der Waals surface area contributed by atoms with E-state index in [-0.39, 0.29) is 0 Å². The summed E-state index contributed by atoms with van der Waals surface area (Å²) in [4.78, 5) is 0. The van der Waals surface area contributed by atoms with Crippen LogP contribution in [0.4, 0.5) is 0 Å². The van der Waals surface area contributed by atoms with Gasteiger partial charge in [0, 0.05) is 5.02 Å². The summed E-state index contributed by atoms with van der Waals surface area (Å²) in [6.07, 6.45) is 1.73. The molecule has 1 aliphatic rings. The van der Waals surface area contributed by atoms with Crippen LogP contribution in [-0.4, -0.2) is 5.11 Å². The monoisotopic (exact) mass is 224 g/mol. The SMILES string of the molecule is CC(C)C1CC(O)(c2cccc(Cl)c2)C1. The number of benzene rings is 1. The van der Waals surface area contributed by atoms with E-state index < -0.39 is 5.60 Å². The maximum absolute atomic E-state index is 10.4. The van der Waals surface area contributed by atoms with Crippen molar-refractivity contribution in [3.8, 4) is 0 Å². The van der Waals surface area contributed by atoms with Crippen LogP contribution in [0.5, 0.6) is 0 Å². The summed E-state index contributed by atoms with van der Waals surface area (Å²) in [7, 11) is 0. The molecule has 0 aliphatic heterocycles. The molecule has 1 saturated carbocycles. The molecule has 1 nitrogen and oxygen atoms in total. The zero-order chi connectivity index (χ0) is 11.1. The largest absolute Gasteiger partial charge is 0.385 e. The van der Waals surface area contributed by atoms with Gasteiger partial charge in [0.1, 0.15) is 0 Å². The van der Waals surface area contributed by atoms with Crippen molar-refractivity contribution in [2.75, 3.05) is 0 Å². The van der Waals surface area contributed by atoms with Gasteiger partial charge in [0.05, 0.1) is 5.60 Å². The number of halogens is 1. The summed E-state index contributed by atoms with van der Waals surface area (Å²) in [5.41, 5.74) is 0.340. The fourth-order valence-electron chi connectivity index (χ4n) is 2.29. The molecule has 1 fully saturated rings. The quantitative estimate of drug-likeness (QED) is 0.814.